The highest BCUT2D eigenvalue weighted by Crippen LogP contribution is 2.56. The van der Waals surface area contributed by atoms with Crippen molar-refractivity contribution in [1.82, 2.24) is 4.98 Å². The molecule has 4 bridgehead atoms. The van der Waals surface area contributed by atoms with Gasteiger partial charge in [0.15, 0.2) is 0 Å². The van der Waals surface area contributed by atoms with E-state index >= 15 is 0 Å². The van der Waals surface area contributed by atoms with E-state index in [2.05, 4.69) is 10.3 Å². The Kier molecular flexibility index (Phi) is 3.21. The molecule has 0 atom stereocenters. The highest BCUT2D eigenvalue weighted by Gasteiger charge is 2.50. The summed E-state index contributed by atoms with van der Waals surface area (Å²) in [5, 5.41) is 3.58. The summed E-state index contributed by atoms with van der Waals surface area (Å²) >= 11 is 5.94. The fraction of sp³-hybridized carbons (Fsp3) is 0.647. The largest absolute Gasteiger partial charge is 0.324 e. The van der Waals surface area contributed by atoms with Crippen molar-refractivity contribution in [2.24, 2.45) is 29.6 Å². The third-order valence-electron chi connectivity index (χ3n) is 5.81. The number of aryl methyl sites for hydroxylation is 1. The Bertz CT molecular complexity index is 558. The third-order valence-corrected chi connectivity index (χ3v) is 6.21. The molecular formula is C17H21ClN2O. The molecule has 1 aromatic rings. The Morgan fingerprint density at radius 3 is 2.38 bits per heavy atom. The number of carbonyl (C=O) groups excluding carboxylic acids is 1. The lowest BCUT2D eigenvalue weighted by Gasteiger charge is -2.53. The fourth-order valence-corrected chi connectivity index (χ4v) is 5.31. The maximum atomic E-state index is 12.7. The molecule has 1 amide bonds. The van der Waals surface area contributed by atoms with Gasteiger partial charge in [-0.15, -0.1) is 0 Å². The first-order valence-electron chi connectivity index (χ1n) is 8.03. The monoisotopic (exact) mass is 304 g/mol. The van der Waals surface area contributed by atoms with Gasteiger partial charge in [0.1, 0.15) is 5.15 Å². The van der Waals surface area contributed by atoms with E-state index in [1.165, 1.54) is 32.1 Å². The number of rotatable bonds is 2. The van der Waals surface area contributed by atoms with Crippen LogP contribution in [0.15, 0.2) is 12.3 Å². The Morgan fingerprint density at radius 2 is 1.81 bits per heavy atom. The van der Waals surface area contributed by atoms with E-state index in [9.17, 15) is 4.79 Å². The number of anilines is 1. The second-order valence-electron chi connectivity index (χ2n) is 7.28. The molecule has 5 rings (SSSR count). The van der Waals surface area contributed by atoms with Gasteiger partial charge in [-0.2, -0.15) is 0 Å². The van der Waals surface area contributed by atoms with Crippen LogP contribution in [0.4, 0.5) is 5.69 Å². The first-order valence-corrected chi connectivity index (χ1v) is 8.41. The zero-order valence-electron chi connectivity index (χ0n) is 12.3. The average molecular weight is 305 g/mol. The summed E-state index contributed by atoms with van der Waals surface area (Å²) in [7, 11) is 0. The lowest BCUT2D eigenvalue weighted by Crippen LogP contribution is -2.49. The Balaban J connectivity index is 1.51. The normalized spacial score (nSPS) is 36.8. The van der Waals surface area contributed by atoms with Crippen LogP contribution >= 0.6 is 11.6 Å². The molecule has 4 fully saturated rings. The number of carbonyl (C=O) groups is 1. The molecule has 0 radical (unpaired) electrons. The van der Waals surface area contributed by atoms with Gasteiger partial charge in [-0.3, -0.25) is 4.79 Å². The van der Waals surface area contributed by atoms with Crippen molar-refractivity contribution in [2.45, 2.75) is 39.0 Å². The fourth-order valence-electron chi connectivity index (χ4n) is 5.21. The number of hydrogen-bond donors (Lipinski definition) is 1. The highest BCUT2D eigenvalue weighted by molar-refractivity contribution is 6.30. The van der Waals surface area contributed by atoms with E-state index in [1.54, 1.807) is 6.20 Å². The summed E-state index contributed by atoms with van der Waals surface area (Å²) in [6, 6.07) is 1.91. The molecule has 1 heterocycles. The summed E-state index contributed by atoms with van der Waals surface area (Å²) in [5.74, 6) is 3.44. The Labute approximate surface area is 130 Å². The van der Waals surface area contributed by atoms with Crippen molar-refractivity contribution in [3.8, 4) is 0 Å². The molecule has 4 saturated carbocycles. The second-order valence-corrected chi connectivity index (χ2v) is 7.64. The van der Waals surface area contributed by atoms with Gasteiger partial charge in [0, 0.05) is 5.92 Å². The maximum Gasteiger partial charge on any atom is 0.228 e. The van der Waals surface area contributed by atoms with Gasteiger partial charge < -0.3 is 5.32 Å². The number of nitrogens with zero attached hydrogens (tertiary/aromatic N) is 1. The molecule has 0 unspecified atom stereocenters. The number of halogens is 1. The molecule has 1 N–H and O–H groups in total. The van der Waals surface area contributed by atoms with Crippen LogP contribution in [0, 0.1) is 36.5 Å². The third kappa shape index (κ3) is 2.36. The number of amides is 1. The molecule has 0 spiro atoms. The highest BCUT2D eigenvalue weighted by atomic mass is 35.5. The van der Waals surface area contributed by atoms with Crippen LogP contribution < -0.4 is 5.32 Å². The van der Waals surface area contributed by atoms with Gasteiger partial charge in [0.05, 0.1) is 11.9 Å². The minimum absolute atomic E-state index is 0.201. The van der Waals surface area contributed by atoms with Crippen LogP contribution in [0.1, 0.15) is 37.7 Å². The lowest BCUT2D eigenvalue weighted by atomic mass is 9.51. The molecule has 21 heavy (non-hydrogen) atoms. The zero-order chi connectivity index (χ0) is 14.6. The minimum Gasteiger partial charge on any atom is -0.324 e. The van der Waals surface area contributed by atoms with Crippen LogP contribution in [-0.4, -0.2) is 10.9 Å². The molecule has 1 aromatic heterocycles. The van der Waals surface area contributed by atoms with Crippen LogP contribution in [-0.2, 0) is 4.79 Å². The molecule has 112 valence electrons. The zero-order valence-corrected chi connectivity index (χ0v) is 13.1. The number of pyridine rings is 1. The second kappa shape index (κ2) is 4.98. The summed E-state index contributed by atoms with van der Waals surface area (Å²) < 4.78 is 0. The summed E-state index contributed by atoms with van der Waals surface area (Å²) in [6.07, 6.45) is 8.14. The number of nitrogens with one attached hydrogen (secondary N) is 1. The van der Waals surface area contributed by atoms with Crippen LogP contribution in [0.5, 0.6) is 0 Å². The van der Waals surface area contributed by atoms with Crippen molar-refractivity contribution < 1.29 is 4.79 Å². The van der Waals surface area contributed by atoms with Crippen LogP contribution in [0.3, 0.4) is 0 Å². The van der Waals surface area contributed by atoms with Crippen molar-refractivity contribution in [3.05, 3.63) is 23.0 Å². The average Bonchev–Trinajstić information content (AvgIpc) is 2.41. The van der Waals surface area contributed by atoms with Gasteiger partial charge in [-0.05, 0) is 74.3 Å². The van der Waals surface area contributed by atoms with Crippen molar-refractivity contribution in [3.63, 3.8) is 0 Å². The van der Waals surface area contributed by atoms with Crippen molar-refractivity contribution >= 4 is 23.2 Å². The van der Waals surface area contributed by atoms with E-state index in [0.717, 1.165) is 23.1 Å². The standard InChI is InChI=1S/C17H21ClN2O/c1-9-2-14(8-19-16(9)18)20-17(21)15-12-4-10-3-11(6-12)7-13(15)5-10/h2,8,10-13,15H,3-7H2,1H3,(H,20,21). The molecule has 0 aliphatic heterocycles. The summed E-state index contributed by atoms with van der Waals surface area (Å²) in [4.78, 5) is 16.8. The van der Waals surface area contributed by atoms with Gasteiger partial charge in [0.2, 0.25) is 5.91 Å². The SMILES string of the molecule is Cc1cc(NC(=O)C2C3CC4CC(C3)CC2C4)cnc1Cl. The number of hydrogen-bond acceptors (Lipinski definition) is 2. The van der Waals surface area contributed by atoms with E-state index in [-0.39, 0.29) is 11.8 Å². The van der Waals surface area contributed by atoms with Crippen LogP contribution in [0.25, 0.3) is 0 Å². The first-order chi connectivity index (χ1) is 10.1. The van der Waals surface area contributed by atoms with Gasteiger partial charge in [-0.1, -0.05) is 11.6 Å². The summed E-state index contributed by atoms with van der Waals surface area (Å²) in [6.45, 7) is 1.91. The lowest BCUT2D eigenvalue weighted by molar-refractivity contribution is -0.132. The quantitative estimate of drug-likeness (QED) is 0.837. The molecule has 0 aromatic carbocycles. The van der Waals surface area contributed by atoms with E-state index < -0.39 is 0 Å². The predicted molar refractivity (Wildman–Crippen MR) is 83.1 cm³/mol. The number of aromatic nitrogens is 1. The topological polar surface area (TPSA) is 42.0 Å². The molecule has 4 aliphatic carbocycles. The van der Waals surface area contributed by atoms with Gasteiger partial charge >= 0.3 is 0 Å². The molecular weight excluding hydrogens is 284 g/mol. The molecule has 0 saturated heterocycles. The minimum atomic E-state index is 0.201. The first kappa shape index (κ1) is 13.6. The summed E-state index contributed by atoms with van der Waals surface area (Å²) in [5.41, 5.74) is 1.68. The van der Waals surface area contributed by atoms with Crippen molar-refractivity contribution in [2.75, 3.05) is 5.32 Å². The Hall–Kier alpha value is -1.09. The van der Waals surface area contributed by atoms with Gasteiger partial charge in [-0.25, -0.2) is 4.98 Å². The predicted octanol–water partition coefficient (Wildman–Crippen LogP) is 4.05. The molecule has 4 aliphatic rings. The Morgan fingerprint density at radius 1 is 1.19 bits per heavy atom. The van der Waals surface area contributed by atoms with E-state index in [1.807, 2.05) is 13.0 Å². The van der Waals surface area contributed by atoms with Gasteiger partial charge in [0.25, 0.3) is 0 Å². The van der Waals surface area contributed by atoms with Crippen LogP contribution in [0.2, 0.25) is 5.15 Å². The van der Waals surface area contributed by atoms with Crippen molar-refractivity contribution in [1.29, 1.82) is 0 Å². The maximum absolute atomic E-state index is 12.7. The van der Waals surface area contributed by atoms with E-state index in [0.29, 0.717) is 17.0 Å². The molecule has 3 nitrogen and oxygen atoms in total. The van der Waals surface area contributed by atoms with E-state index in [4.69, 9.17) is 11.6 Å². The molecule has 4 heteroatoms. The smallest absolute Gasteiger partial charge is 0.228 e.